The van der Waals surface area contributed by atoms with E-state index in [1.165, 1.54) is 22.5 Å². The first-order valence-electron chi connectivity index (χ1n) is 7.62. The van der Waals surface area contributed by atoms with Crippen LogP contribution >= 0.6 is 12.4 Å². The average molecular weight is 319 g/mol. The molecular formula is C19H27ClN2. The van der Waals surface area contributed by atoms with Crippen molar-refractivity contribution < 1.29 is 0 Å². The van der Waals surface area contributed by atoms with Gasteiger partial charge in [-0.15, -0.1) is 12.4 Å². The van der Waals surface area contributed by atoms with Gasteiger partial charge < -0.3 is 9.80 Å². The molecule has 0 bridgehead atoms. The van der Waals surface area contributed by atoms with Crippen LogP contribution in [0.3, 0.4) is 0 Å². The minimum atomic E-state index is 0. The van der Waals surface area contributed by atoms with Crippen molar-refractivity contribution in [1.82, 2.24) is 4.90 Å². The lowest BCUT2D eigenvalue weighted by Crippen LogP contribution is -2.23. The van der Waals surface area contributed by atoms with Gasteiger partial charge in [-0.25, -0.2) is 0 Å². The maximum absolute atomic E-state index is 2.44. The van der Waals surface area contributed by atoms with Gasteiger partial charge in [0.1, 0.15) is 0 Å². The number of anilines is 2. The van der Waals surface area contributed by atoms with Crippen molar-refractivity contribution >= 4 is 23.8 Å². The molecule has 0 aliphatic carbocycles. The molecule has 2 aromatic rings. The molecule has 0 N–H and O–H groups in total. The summed E-state index contributed by atoms with van der Waals surface area (Å²) in [6.45, 7) is 6.48. The summed E-state index contributed by atoms with van der Waals surface area (Å²) in [5.41, 5.74) is 5.22. The molecule has 120 valence electrons. The van der Waals surface area contributed by atoms with E-state index in [9.17, 15) is 0 Å². The summed E-state index contributed by atoms with van der Waals surface area (Å²) < 4.78 is 0. The van der Waals surface area contributed by atoms with Crippen LogP contribution in [0.5, 0.6) is 0 Å². The third-order valence-corrected chi connectivity index (χ3v) is 3.71. The Hall–Kier alpha value is -1.51. The first kappa shape index (κ1) is 18.5. The van der Waals surface area contributed by atoms with Crippen LogP contribution in [0, 0.1) is 13.8 Å². The van der Waals surface area contributed by atoms with Gasteiger partial charge in [-0.05, 0) is 70.2 Å². The minimum Gasteiger partial charge on any atom is -0.341 e. The number of halogens is 1. The molecule has 0 spiro atoms. The Morgan fingerprint density at radius 3 is 2.23 bits per heavy atom. The fraction of sp³-hybridized carbons (Fsp3) is 0.368. The molecule has 3 heteroatoms. The van der Waals surface area contributed by atoms with E-state index in [1.54, 1.807) is 0 Å². The quantitative estimate of drug-likeness (QED) is 0.753. The molecule has 0 heterocycles. The summed E-state index contributed by atoms with van der Waals surface area (Å²) in [5, 5.41) is 0. The van der Waals surface area contributed by atoms with Gasteiger partial charge in [-0.3, -0.25) is 0 Å². The topological polar surface area (TPSA) is 6.48 Å². The Bertz CT molecular complexity index is 581. The summed E-state index contributed by atoms with van der Waals surface area (Å²) >= 11 is 0. The molecule has 2 nitrogen and oxygen atoms in total. The van der Waals surface area contributed by atoms with Gasteiger partial charge in [0.25, 0.3) is 0 Å². The smallest absolute Gasteiger partial charge is 0.0440 e. The Labute approximate surface area is 141 Å². The van der Waals surface area contributed by atoms with Crippen molar-refractivity contribution in [3.63, 3.8) is 0 Å². The summed E-state index contributed by atoms with van der Waals surface area (Å²) in [5.74, 6) is 0. The average Bonchev–Trinajstić information content (AvgIpc) is 2.44. The summed E-state index contributed by atoms with van der Waals surface area (Å²) in [7, 11) is 4.26. The Morgan fingerprint density at radius 2 is 1.59 bits per heavy atom. The standard InChI is InChI=1S/C19H26N2.ClH/c1-16-9-7-11-18(15-16)21(14-8-13-20(3)4)19-12-6-5-10-17(19)2;/h5-7,9-12,15H,8,13-14H2,1-4H3;1H. The molecule has 0 radical (unpaired) electrons. The van der Waals surface area contributed by atoms with E-state index in [0.717, 1.165) is 19.5 Å². The Morgan fingerprint density at radius 1 is 0.864 bits per heavy atom. The van der Waals surface area contributed by atoms with E-state index in [4.69, 9.17) is 0 Å². The van der Waals surface area contributed by atoms with Crippen LogP contribution in [0.25, 0.3) is 0 Å². The van der Waals surface area contributed by atoms with Crippen LogP contribution in [-0.2, 0) is 0 Å². The molecule has 0 aliphatic heterocycles. The molecule has 0 aliphatic rings. The molecule has 0 saturated heterocycles. The number of aryl methyl sites for hydroxylation is 2. The van der Waals surface area contributed by atoms with Gasteiger partial charge in [0.2, 0.25) is 0 Å². The second-order valence-electron chi connectivity index (χ2n) is 5.93. The third kappa shape index (κ3) is 5.04. The largest absolute Gasteiger partial charge is 0.341 e. The normalized spacial score (nSPS) is 10.4. The molecule has 0 fully saturated rings. The maximum atomic E-state index is 2.44. The number of benzene rings is 2. The molecule has 0 unspecified atom stereocenters. The van der Waals surface area contributed by atoms with Crippen LogP contribution in [0.2, 0.25) is 0 Å². The van der Waals surface area contributed by atoms with Crippen LogP contribution < -0.4 is 4.90 Å². The van der Waals surface area contributed by atoms with Crippen LogP contribution in [0.1, 0.15) is 17.5 Å². The highest BCUT2D eigenvalue weighted by molar-refractivity contribution is 5.85. The van der Waals surface area contributed by atoms with Gasteiger partial charge in [0, 0.05) is 17.9 Å². The second kappa shape index (κ2) is 8.82. The third-order valence-electron chi connectivity index (χ3n) is 3.71. The minimum absolute atomic E-state index is 0. The van der Waals surface area contributed by atoms with Crippen molar-refractivity contribution in [3.05, 3.63) is 59.7 Å². The van der Waals surface area contributed by atoms with E-state index in [1.807, 2.05) is 0 Å². The molecule has 0 amide bonds. The second-order valence-corrected chi connectivity index (χ2v) is 5.93. The van der Waals surface area contributed by atoms with Gasteiger partial charge in [-0.1, -0.05) is 30.3 Å². The molecule has 0 saturated carbocycles. The monoisotopic (exact) mass is 318 g/mol. The fourth-order valence-corrected chi connectivity index (χ4v) is 2.60. The van der Waals surface area contributed by atoms with E-state index in [0.29, 0.717) is 0 Å². The van der Waals surface area contributed by atoms with E-state index < -0.39 is 0 Å². The van der Waals surface area contributed by atoms with Gasteiger partial charge >= 0.3 is 0 Å². The highest BCUT2D eigenvalue weighted by Crippen LogP contribution is 2.28. The molecule has 2 aromatic carbocycles. The SMILES string of the molecule is Cc1cccc(N(CCCN(C)C)c2ccccc2C)c1.Cl. The summed E-state index contributed by atoms with van der Waals surface area (Å²) in [6, 6.07) is 17.4. The fourth-order valence-electron chi connectivity index (χ4n) is 2.60. The highest BCUT2D eigenvalue weighted by atomic mass is 35.5. The summed E-state index contributed by atoms with van der Waals surface area (Å²) in [4.78, 5) is 4.68. The van der Waals surface area contributed by atoms with Crippen molar-refractivity contribution in [3.8, 4) is 0 Å². The van der Waals surface area contributed by atoms with E-state index >= 15 is 0 Å². The maximum Gasteiger partial charge on any atom is 0.0440 e. The first-order valence-corrected chi connectivity index (χ1v) is 7.62. The van der Waals surface area contributed by atoms with E-state index in [-0.39, 0.29) is 12.4 Å². The molecule has 2 rings (SSSR count). The predicted octanol–water partition coefficient (Wildman–Crippen LogP) is 4.82. The Kier molecular flexibility index (Phi) is 7.43. The zero-order valence-electron chi connectivity index (χ0n) is 14.0. The summed E-state index contributed by atoms with van der Waals surface area (Å²) in [6.07, 6.45) is 1.15. The number of rotatable bonds is 6. The first-order chi connectivity index (χ1) is 10.1. The molecule has 22 heavy (non-hydrogen) atoms. The van der Waals surface area contributed by atoms with E-state index in [2.05, 4.69) is 86.3 Å². The van der Waals surface area contributed by atoms with Crippen molar-refractivity contribution in [2.45, 2.75) is 20.3 Å². The molecule has 0 aromatic heterocycles. The molecule has 0 atom stereocenters. The lowest BCUT2D eigenvalue weighted by Gasteiger charge is -2.27. The number of nitrogens with zero attached hydrogens (tertiary/aromatic N) is 2. The number of para-hydroxylation sites is 1. The van der Waals surface area contributed by atoms with Crippen molar-refractivity contribution in [2.75, 3.05) is 32.1 Å². The zero-order valence-corrected chi connectivity index (χ0v) is 14.9. The number of hydrogen-bond donors (Lipinski definition) is 0. The number of hydrogen-bond acceptors (Lipinski definition) is 2. The Balaban J connectivity index is 0.00000242. The lowest BCUT2D eigenvalue weighted by molar-refractivity contribution is 0.402. The highest BCUT2D eigenvalue weighted by Gasteiger charge is 2.11. The van der Waals surface area contributed by atoms with Crippen molar-refractivity contribution in [2.24, 2.45) is 0 Å². The van der Waals surface area contributed by atoms with Gasteiger partial charge in [-0.2, -0.15) is 0 Å². The van der Waals surface area contributed by atoms with Gasteiger partial charge in [0.15, 0.2) is 0 Å². The van der Waals surface area contributed by atoms with Gasteiger partial charge in [0.05, 0.1) is 0 Å². The van der Waals surface area contributed by atoms with Crippen molar-refractivity contribution in [1.29, 1.82) is 0 Å². The lowest BCUT2D eigenvalue weighted by atomic mass is 10.1. The van der Waals surface area contributed by atoms with Crippen LogP contribution in [0.4, 0.5) is 11.4 Å². The van der Waals surface area contributed by atoms with Crippen LogP contribution in [-0.4, -0.2) is 32.1 Å². The van der Waals surface area contributed by atoms with Crippen LogP contribution in [0.15, 0.2) is 48.5 Å². The molecular weight excluding hydrogens is 292 g/mol. The zero-order chi connectivity index (χ0) is 15.2. The predicted molar refractivity (Wildman–Crippen MR) is 99.8 cm³/mol.